The third kappa shape index (κ3) is 2.69. The summed E-state index contributed by atoms with van der Waals surface area (Å²) in [7, 11) is 1.24. The molecule has 0 bridgehead atoms. The van der Waals surface area contributed by atoms with Gasteiger partial charge < -0.3 is 29.5 Å². The van der Waals surface area contributed by atoms with E-state index in [1.165, 1.54) is 37.5 Å². The number of phenols is 1. The third-order valence-corrected chi connectivity index (χ3v) is 5.28. The SMILES string of the molecule is COC(=O)C1=CO[C@@H](O)[C@H]2[C@@H]1C=C[C@@]21C=C([C@@H](O)c2ccc(O)cc2)C(=O)O1. The maximum atomic E-state index is 12.5. The second-order valence-electron chi connectivity index (χ2n) is 6.84. The first-order chi connectivity index (χ1) is 13.4. The molecule has 0 amide bonds. The minimum atomic E-state index is -1.36. The van der Waals surface area contributed by atoms with Crippen LogP contribution in [0.5, 0.6) is 5.75 Å². The fourth-order valence-electron chi connectivity index (χ4n) is 3.90. The lowest BCUT2D eigenvalue weighted by Gasteiger charge is -2.37. The van der Waals surface area contributed by atoms with Gasteiger partial charge in [0.05, 0.1) is 30.4 Å². The summed E-state index contributed by atoms with van der Waals surface area (Å²) in [6, 6.07) is 5.77. The number of benzene rings is 1. The highest BCUT2D eigenvalue weighted by Crippen LogP contribution is 2.50. The van der Waals surface area contributed by atoms with E-state index in [9.17, 15) is 24.9 Å². The van der Waals surface area contributed by atoms with Crippen molar-refractivity contribution in [1.29, 1.82) is 0 Å². The van der Waals surface area contributed by atoms with Crippen molar-refractivity contribution in [2.45, 2.75) is 18.0 Å². The van der Waals surface area contributed by atoms with Crippen LogP contribution >= 0.6 is 0 Å². The molecule has 5 atom stereocenters. The number of aliphatic hydroxyl groups is 2. The number of carbonyl (C=O) groups excluding carboxylic acids is 2. The van der Waals surface area contributed by atoms with Crippen LogP contribution in [0.1, 0.15) is 11.7 Å². The number of ether oxygens (including phenoxy) is 3. The molecule has 1 aliphatic carbocycles. The summed E-state index contributed by atoms with van der Waals surface area (Å²) in [5, 5.41) is 30.4. The molecular formula is C20H18O8. The number of allylic oxidation sites excluding steroid dienone is 1. The molecule has 0 saturated carbocycles. The normalized spacial score (nSPS) is 31.5. The molecule has 2 aliphatic heterocycles. The molecule has 1 aromatic rings. The summed E-state index contributed by atoms with van der Waals surface area (Å²) in [6.07, 6.45) is 3.21. The van der Waals surface area contributed by atoms with Crippen molar-refractivity contribution in [3.8, 4) is 5.75 Å². The van der Waals surface area contributed by atoms with Crippen LogP contribution in [-0.2, 0) is 23.8 Å². The minimum Gasteiger partial charge on any atom is -0.508 e. The van der Waals surface area contributed by atoms with E-state index in [-0.39, 0.29) is 16.9 Å². The minimum absolute atomic E-state index is 0.00244. The smallest absolute Gasteiger partial charge is 0.338 e. The zero-order valence-corrected chi connectivity index (χ0v) is 14.8. The number of aliphatic hydroxyl groups excluding tert-OH is 2. The van der Waals surface area contributed by atoms with E-state index in [2.05, 4.69) is 0 Å². The average Bonchev–Trinajstić information content (AvgIpc) is 3.22. The number of esters is 2. The van der Waals surface area contributed by atoms with Crippen molar-refractivity contribution >= 4 is 11.9 Å². The number of rotatable bonds is 3. The Kier molecular flexibility index (Phi) is 4.24. The fourth-order valence-corrected chi connectivity index (χ4v) is 3.90. The van der Waals surface area contributed by atoms with Crippen LogP contribution in [0.3, 0.4) is 0 Å². The van der Waals surface area contributed by atoms with Gasteiger partial charge in [-0.25, -0.2) is 9.59 Å². The number of fused-ring (bicyclic) bond motifs is 2. The van der Waals surface area contributed by atoms with Crippen LogP contribution < -0.4 is 0 Å². The van der Waals surface area contributed by atoms with Gasteiger partial charge in [0, 0.05) is 5.92 Å². The van der Waals surface area contributed by atoms with Crippen LogP contribution in [-0.4, -0.2) is 46.3 Å². The maximum Gasteiger partial charge on any atom is 0.338 e. The topological polar surface area (TPSA) is 123 Å². The second-order valence-corrected chi connectivity index (χ2v) is 6.84. The van der Waals surface area contributed by atoms with E-state index in [0.717, 1.165) is 6.26 Å². The van der Waals surface area contributed by atoms with Gasteiger partial charge in [0.25, 0.3) is 0 Å². The lowest BCUT2D eigenvalue weighted by molar-refractivity contribution is -0.172. The highest BCUT2D eigenvalue weighted by atomic mass is 16.6. The highest BCUT2D eigenvalue weighted by molar-refractivity contribution is 5.94. The molecule has 8 heteroatoms. The first kappa shape index (κ1) is 18.3. The molecule has 1 spiro atoms. The van der Waals surface area contributed by atoms with Crippen molar-refractivity contribution in [3.63, 3.8) is 0 Å². The Morgan fingerprint density at radius 2 is 2.00 bits per heavy atom. The number of hydrogen-bond acceptors (Lipinski definition) is 8. The average molecular weight is 386 g/mol. The summed E-state index contributed by atoms with van der Waals surface area (Å²) < 4.78 is 15.5. The van der Waals surface area contributed by atoms with Gasteiger partial charge in [-0.1, -0.05) is 18.2 Å². The number of methoxy groups -OCH3 is 1. The molecule has 3 N–H and O–H groups in total. The largest absolute Gasteiger partial charge is 0.508 e. The van der Waals surface area contributed by atoms with E-state index in [4.69, 9.17) is 14.2 Å². The molecule has 2 heterocycles. The van der Waals surface area contributed by atoms with Crippen LogP contribution in [0.25, 0.3) is 0 Å². The molecule has 0 saturated heterocycles. The Balaban J connectivity index is 1.68. The van der Waals surface area contributed by atoms with Gasteiger partial charge >= 0.3 is 11.9 Å². The molecule has 28 heavy (non-hydrogen) atoms. The van der Waals surface area contributed by atoms with Gasteiger partial charge in [-0.15, -0.1) is 0 Å². The Morgan fingerprint density at radius 1 is 1.29 bits per heavy atom. The molecule has 0 radical (unpaired) electrons. The van der Waals surface area contributed by atoms with Gasteiger partial charge in [0.1, 0.15) is 11.9 Å². The Labute approximate surface area is 160 Å². The van der Waals surface area contributed by atoms with Gasteiger partial charge in [-0.05, 0) is 29.8 Å². The highest BCUT2D eigenvalue weighted by Gasteiger charge is 2.58. The lowest BCUT2D eigenvalue weighted by atomic mass is 9.78. The monoisotopic (exact) mass is 386 g/mol. The van der Waals surface area contributed by atoms with Crippen molar-refractivity contribution < 1.29 is 39.1 Å². The zero-order chi connectivity index (χ0) is 20.1. The molecule has 8 nitrogen and oxygen atoms in total. The molecule has 146 valence electrons. The van der Waals surface area contributed by atoms with Crippen LogP contribution in [0, 0.1) is 11.8 Å². The molecular weight excluding hydrogens is 368 g/mol. The molecule has 4 rings (SSSR count). The quantitative estimate of drug-likeness (QED) is 0.516. The molecule has 3 aliphatic rings. The van der Waals surface area contributed by atoms with Gasteiger partial charge in [0.2, 0.25) is 6.29 Å². The Bertz CT molecular complexity index is 913. The van der Waals surface area contributed by atoms with E-state index < -0.39 is 41.8 Å². The van der Waals surface area contributed by atoms with Gasteiger partial charge in [-0.2, -0.15) is 0 Å². The third-order valence-electron chi connectivity index (χ3n) is 5.28. The zero-order valence-electron chi connectivity index (χ0n) is 14.8. The fraction of sp³-hybridized carbons (Fsp3) is 0.300. The molecule has 0 fully saturated rings. The summed E-state index contributed by atoms with van der Waals surface area (Å²) in [5.74, 6) is -2.71. The van der Waals surface area contributed by atoms with E-state index in [1.54, 1.807) is 12.2 Å². The maximum absolute atomic E-state index is 12.5. The Morgan fingerprint density at radius 3 is 2.68 bits per heavy atom. The molecule has 0 aromatic heterocycles. The van der Waals surface area contributed by atoms with Crippen molar-refractivity contribution in [2.75, 3.05) is 7.11 Å². The summed E-state index contributed by atoms with van der Waals surface area (Å²) >= 11 is 0. The summed E-state index contributed by atoms with van der Waals surface area (Å²) in [6.45, 7) is 0. The van der Waals surface area contributed by atoms with E-state index in [1.807, 2.05) is 0 Å². The number of phenolic OH excluding ortho intramolecular Hbond substituents is 1. The standard InChI is InChI=1S/C20H18O8/c1-26-17(23)14-9-27-19(25)15-12(14)6-7-20(15)8-13(18(24)28-20)16(22)10-2-4-11(21)5-3-10/h2-9,12,15-16,19,21-22,25H,1H3/t12-,15-,16+,19-,20-/m1/s1. The molecule has 0 unspecified atom stereocenters. The number of aromatic hydroxyl groups is 1. The predicted molar refractivity (Wildman–Crippen MR) is 93.3 cm³/mol. The second kappa shape index (κ2) is 6.50. The van der Waals surface area contributed by atoms with E-state index >= 15 is 0 Å². The first-order valence-electron chi connectivity index (χ1n) is 8.60. The van der Waals surface area contributed by atoms with Crippen molar-refractivity contribution in [1.82, 2.24) is 0 Å². The van der Waals surface area contributed by atoms with Gasteiger partial charge in [0.15, 0.2) is 5.60 Å². The molecule has 1 aromatic carbocycles. The van der Waals surface area contributed by atoms with Gasteiger partial charge in [-0.3, -0.25) is 0 Å². The number of carbonyl (C=O) groups is 2. The lowest BCUT2D eigenvalue weighted by Crippen LogP contribution is -2.46. The summed E-state index contributed by atoms with van der Waals surface area (Å²) in [4.78, 5) is 24.5. The van der Waals surface area contributed by atoms with E-state index in [0.29, 0.717) is 5.56 Å². The number of hydrogen-bond donors (Lipinski definition) is 3. The van der Waals surface area contributed by atoms with Crippen molar-refractivity contribution in [3.05, 3.63) is 65.5 Å². The first-order valence-corrected chi connectivity index (χ1v) is 8.60. The predicted octanol–water partition coefficient (Wildman–Crippen LogP) is 0.855. The summed E-state index contributed by atoms with van der Waals surface area (Å²) in [5.41, 5.74) is -0.769. The van der Waals surface area contributed by atoms with Crippen molar-refractivity contribution in [2.24, 2.45) is 11.8 Å². The Hall–Kier alpha value is -3.10. The van der Waals surface area contributed by atoms with Crippen LogP contribution in [0.4, 0.5) is 0 Å². The van der Waals surface area contributed by atoms with Crippen LogP contribution in [0.15, 0.2) is 59.9 Å². The van der Waals surface area contributed by atoms with Crippen LogP contribution in [0.2, 0.25) is 0 Å².